The maximum absolute atomic E-state index is 14.8. The zero-order chi connectivity index (χ0) is 55.2. The van der Waals surface area contributed by atoms with Crippen LogP contribution < -0.4 is 0 Å². The molecule has 0 radical (unpaired) electrons. The molecule has 2 aromatic rings. The first-order chi connectivity index (χ1) is 34.7. The number of rotatable bonds is 17. The molecule has 74 heavy (non-hydrogen) atoms. The Morgan fingerprint density at radius 3 is 2.23 bits per heavy atom. The van der Waals surface area contributed by atoms with Crippen molar-refractivity contribution in [3.8, 4) is 0 Å². The fourth-order valence-electron chi connectivity index (χ4n) is 11.4. The number of benzene rings is 1. The molecule has 424 valence electrons. The Hall–Kier alpha value is -2.68. The van der Waals surface area contributed by atoms with E-state index in [-0.39, 0.29) is 25.2 Å². The quantitative estimate of drug-likeness (QED) is 0.141. The van der Waals surface area contributed by atoms with E-state index in [2.05, 4.69) is 10.3 Å². The van der Waals surface area contributed by atoms with Crippen molar-refractivity contribution in [1.82, 2.24) is 24.8 Å². The minimum atomic E-state index is -1.86. The normalized spacial score (nSPS) is 39.7. The number of esters is 1. The first kappa shape index (κ1) is 62.2. The van der Waals surface area contributed by atoms with Crippen LogP contribution in [0.25, 0.3) is 0 Å². The number of hydrogen-bond donors (Lipinski definition) is 5. The van der Waals surface area contributed by atoms with Gasteiger partial charge in [0.2, 0.25) is 0 Å². The second kappa shape index (κ2) is 26.3. The fourth-order valence-corrected chi connectivity index (χ4v) is 12.0. The van der Waals surface area contributed by atoms with E-state index in [9.17, 15) is 43.3 Å². The van der Waals surface area contributed by atoms with E-state index < -0.39 is 144 Å². The van der Waals surface area contributed by atoms with Crippen LogP contribution in [0.2, 0.25) is 0 Å². The van der Waals surface area contributed by atoms with Crippen LogP contribution in [0, 0.1) is 17.8 Å². The molecular weight excluding hydrogens is 989 g/mol. The van der Waals surface area contributed by atoms with E-state index in [0.29, 0.717) is 42.1 Å². The molecule has 1 unspecified atom stereocenters. The number of halogens is 2. The van der Waals surface area contributed by atoms with Crippen LogP contribution in [0.4, 0.5) is 8.78 Å². The minimum Gasteiger partial charge on any atom is -0.459 e. The molecule has 19 nitrogen and oxygen atoms in total. The average molecular weight is 1080 g/mol. The molecular formula is C52H87F2N5O14S. The molecule has 3 fully saturated rings. The van der Waals surface area contributed by atoms with Gasteiger partial charge in [0.1, 0.15) is 48.8 Å². The molecule has 0 bridgehead atoms. The summed E-state index contributed by atoms with van der Waals surface area (Å²) in [6.45, 7) is 17.2. The van der Waals surface area contributed by atoms with Crippen molar-refractivity contribution in [1.29, 1.82) is 0 Å². The largest absolute Gasteiger partial charge is 0.459 e. The summed E-state index contributed by atoms with van der Waals surface area (Å²) in [4.78, 5) is 18.7. The summed E-state index contributed by atoms with van der Waals surface area (Å²) < 4.78 is 85.1. The summed E-state index contributed by atoms with van der Waals surface area (Å²) in [7, 11) is 4.79. The first-order valence-corrected chi connectivity index (χ1v) is 27.3. The summed E-state index contributed by atoms with van der Waals surface area (Å²) >= 11 is 0. The Kier molecular flexibility index (Phi) is 22.1. The number of nitrogens with zero attached hydrogens (tertiary/aromatic N) is 5. The van der Waals surface area contributed by atoms with Gasteiger partial charge in [0, 0.05) is 69.2 Å². The molecule has 0 aliphatic carbocycles. The van der Waals surface area contributed by atoms with Gasteiger partial charge in [-0.3, -0.25) is 9.00 Å². The molecule has 21 atom stereocenters. The van der Waals surface area contributed by atoms with E-state index in [4.69, 9.17) is 33.2 Å². The van der Waals surface area contributed by atoms with Crippen molar-refractivity contribution in [3.63, 3.8) is 0 Å². The standard InChI is InChI=1S/C52H87F2N5O14S/c1-15-40-52(10,65)45(61)33(6)58(12)26-29(2)23-50(8,64)47(31(4)43(32(5)48(63)71-40)72-41-24-51(9,68-14)46(62)34(7)70-41)73-49-42(60)38(22-30(3)69-49)57(11)21-20-36-27-59(56-55-36)39(25-53)44(67-13)35-16-18-37(19-17-35)74(66)28-54/h16-19,27,29-34,38-47,49,60-62,64-65H,15,20-26,28H2,1-14H3/t29-,30-,31+,32-,33-,34+,38+,39-,40-,41+,42-,43+,44-,45-,46+,47-,49+,50-,51-,52-,74?/m1/s1. The Bertz CT molecular complexity index is 2100. The second-order valence-electron chi connectivity index (χ2n) is 22.0. The number of hydrogen-bond acceptors (Lipinski definition) is 18. The highest BCUT2D eigenvalue weighted by Crippen LogP contribution is 2.41. The monoisotopic (exact) mass is 1080 g/mol. The lowest BCUT2D eigenvalue weighted by Gasteiger charge is -2.49. The molecule has 4 heterocycles. The number of cyclic esters (lactones) is 1. The zero-order valence-electron chi connectivity index (χ0n) is 45.9. The molecule has 5 N–H and O–H groups in total. The molecule has 3 saturated heterocycles. The molecule has 0 saturated carbocycles. The Balaban J connectivity index is 1.44. The molecule has 0 amide bonds. The van der Waals surface area contributed by atoms with Crippen LogP contribution >= 0.6 is 0 Å². The van der Waals surface area contributed by atoms with Gasteiger partial charge < -0.3 is 68.5 Å². The number of ether oxygens (including phenoxy) is 7. The van der Waals surface area contributed by atoms with Crippen molar-refractivity contribution in [3.05, 3.63) is 41.7 Å². The van der Waals surface area contributed by atoms with Gasteiger partial charge in [0.15, 0.2) is 18.6 Å². The highest BCUT2D eigenvalue weighted by atomic mass is 32.2. The fraction of sp³-hybridized carbons (Fsp3) is 0.827. The van der Waals surface area contributed by atoms with Gasteiger partial charge in [0.05, 0.1) is 58.0 Å². The summed E-state index contributed by atoms with van der Waals surface area (Å²) in [5.74, 6) is -2.94. The maximum Gasteiger partial charge on any atom is 0.311 e. The van der Waals surface area contributed by atoms with Crippen molar-refractivity contribution in [2.24, 2.45) is 17.8 Å². The number of aliphatic hydroxyl groups is 5. The minimum absolute atomic E-state index is 0.0703. The van der Waals surface area contributed by atoms with Gasteiger partial charge in [-0.25, -0.2) is 13.5 Å². The van der Waals surface area contributed by atoms with E-state index >= 15 is 0 Å². The van der Waals surface area contributed by atoms with Gasteiger partial charge in [-0.1, -0.05) is 38.1 Å². The summed E-state index contributed by atoms with van der Waals surface area (Å²) in [5, 5.41) is 68.3. The summed E-state index contributed by atoms with van der Waals surface area (Å²) in [6.07, 6.45) is -8.51. The molecule has 22 heteroatoms. The van der Waals surface area contributed by atoms with Crippen LogP contribution in [-0.2, 0) is 55.2 Å². The second-order valence-corrected chi connectivity index (χ2v) is 23.4. The highest BCUT2D eigenvalue weighted by molar-refractivity contribution is 7.84. The predicted octanol–water partition coefficient (Wildman–Crippen LogP) is 4.04. The van der Waals surface area contributed by atoms with Gasteiger partial charge in [-0.05, 0) is 105 Å². The number of alkyl halides is 2. The van der Waals surface area contributed by atoms with Gasteiger partial charge in [-0.15, -0.1) is 5.10 Å². The topological polar surface area (TPSA) is 237 Å². The molecule has 1 aromatic carbocycles. The van der Waals surface area contributed by atoms with Gasteiger partial charge >= 0.3 is 5.97 Å². The van der Waals surface area contributed by atoms with Crippen molar-refractivity contribution in [2.75, 3.05) is 54.1 Å². The van der Waals surface area contributed by atoms with Crippen LogP contribution in [0.1, 0.15) is 118 Å². The van der Waals surface area contributed by atoms with Crippen LogP contribution in [0.3, 0.4) is 0 Å². The van der Waals surface area contributed by atoms with E-state index in [1.54, 1.807) is 66.8 Å². The Morgan fingerprint density at radius 2 is 1.64 bits per heavy atom. The number of methoxy groups -OCH3 is 2. The maximum atomic E-state index is 14.8. The molecule has 1 aromatic heterocycles. The van der Waals surface area contributed by atoms with Crippen LogP contribution in [-0.4, -0.2) is 205 Å². The van der Waals surface area contributed by atoms with Gasteiger partial charge in [-0.2, -0.15) is 0 Å². The molecule has 5 rings (SSSR count). The van der Waals surface area contributed by atoms with Crippen molar-refractivity contribution < 1.29 is 76.5 Å². The third-order valence-corrected chi connectivity index (χ3v) is 17.1. The van der Waals surface area contributed by atoms with Crippen molar-refractivity contribution in [2.45, 2.75) is 209 Å². The van der Waals surface area contributed by atoms with Gasteiger partial charge in [0.25, 0.3) is 0 Å². The molecule has 3 aliphatic heterocycles. The summed E-state index contributed by atoms with van der Waals surface area (Å²) in [6, 6.07) is 3.24. The lowest BCUT2D eigenvalue weighted by atomic mass is 9.77. The first-order valence-electron chi connectivity index (χ1n) is 26.0. The number of aromatic nitrogens is 3. The van der Waals surface area contributed by atoms with Crippen LogP contribution in [0.15, 0.2) is 35.4 Å². The van der Waals surface area contributed by atoms with E-state index in [1.807, 2.05) is 37.7 Å². The van der Waals surface area contributed by atoms with Crippen molar-refractivity contribution >= 4 is 16.8 Å². The zero-order valence-corrected chi connectivity index (χ0v) is 46.7. The number of carbonyl (C=O) groups excluding carboxylic acids is 1. The third-order valence-electron chi connectivity index (χ3n) is 16.1. The number of aliphatic hydroxyl groups excluding tert-OH is 3. The lowest BCUT2D eigenvalue weighted by molar-refractivity contribution is -0.318. The lowest BCUT2D eigenvalue weighted by Crippen LogP contribution is -2.61. The highest BCUT2D eigenvalue weighted by Gasteiger charge is 2.53. The SMILES string of the molecule is CC[C@H]1OC(=O)[C@H](C)[C@@H](O[C@H]2C[C@@](C)(OC)[C@@H](O)[C@H](C)O2)[C@H](C)[C@@H](O[C@@H]2O[C@H](C)C[C@H](N(C)CCc3cn([C@H](CF)[C@H](OC)c4ccc(S(=O)CF)cc4)nn3)[C@H]2O)[C@](C)(O)C[C@@H](C)CN(C)[C@H](C)[C@@H](O)[C@]1(C)O. The van der Waals surface area contributed by atoms with E-state index in [0.717, 1.165) is 0 Å². The number of likely N-dealkylation sites (N-methyl/N-ethyl adjacent to an activating group) is 2. The third kappa shape index (κ3) is 14.3. The molecule has 0 spiro atoms. The van der Waals surface area contributed by atoms with E-state index in [1.165, 1.54) is 38.0 Å². The predicted molar refractivity (Wildman–Crippen MR) is 270 cm³/mol. The van der Waals surface area contributed by atoms with Crippen LogP contribution in [0.5, 0.6) is 0 Å². The molecule has 3 aliphatic rings. The Morgan fingerprint density at radius 1 is 0.973 bits per heavy atom. The Labute approximate surface area is 438 Å². The summed E-state index contributed by atoms with van der Waals surface area (Å²) in [5.41, 5.74) is -3.50. The average Bonchev–Trinajstić information content (AvgIpc) is 3.84. The smallest absolute Gasteiger partial charge is 0.311 e. The number of carbonyl (C=O) groups is 1.